The Balaban J connectivity index is 2.35. The van der Waals surface area contributed by atoms with Crippen molar-refractivity contribution in [2.45, 2.75) is 0 Å². The molecular formula is C13H9BrN2O4. The molecule has 0 saturated heterocycles. The minimum atomic E-state index is -1.16. The van der Waals surface area contributed by atoms with Crippen LogP contribution >= 0.6 is 15.9 Å². The molecule has 0 aliphatic rings. The van der Waals surface area contributed by atoms with Gasteiger partial charge in [0.1, 0.15) is 5.75 Å². The largest absolute Gasteiger partial charge is 0.506 e. The molecule has 3 N–H and O–H groups in total. The van der Waals surface area contributed by atoms with Crippen LogP contribution in [0.25, 0.3) is 0 Å². The third-order valence-corrected chi connectivity index (χ3v) is 3.13. The minimum absolute atomic E-state index is 0.0409. The van der Waals surface area contributed by atoms with Crippen molar-refractivity contribution >= 4 is 33.5 Å². The van der Waals surface area contributed by atoms with Crippen LogP contribution in [0.3, 0.4) is 0 Å². The summed E-state index contributed by atoms with van der Waals surface area (Å²) in [5, 5.41) is 20.9. The predicted molar refractivity (Wildman–Crippen MR) is 75.0 cm³/mol. The molecule has 7 heteroatoms. The number of carbonyl (C=O) groups is 2. The van der Waals surface area contributed by atoms with E-state index < -0.39 is 11.9 Å². The van der Waals surface area contributed by atoms with Gasteiger partial charge >= 0.3 is 5.97 Å². The number of amides is 1. The second-order valence-corrected chi connectivity index (χ2v) is 4.71. The summed E-state index contributed by atoms with van der Waals surface area (Å²) < 4.78 is 0.443. The summed E-state index contributed by atoms with van der Waals surface area (Å²) in [6.45, 7) is 0. The Morgan fingerprint density at radius 1 is 1.25 bits per heavy atom. The second kappa shape index (κ2) is 5.70. The lowest BCUT2D eigenvalue weighted by Gasteiger charge is -2.10. The Bertz CT molecular complexity index is 688. The molecule has 1 heterocycles. The molecular weight excluding hydrogens is 328 g/mol. The van der Waals surface area contributed by atoms with Crippen LogP contribution in [0.15, 0.2) is 41.1 Å². The number of carboxylic acid groups (broad SMARTS) is 1. The first kappa shape index (κ1) is 14.0. The number of nitrogens with one attached hydrogen (secondary N) is 1. The molecule has 102 valence electrons. The van der Waals surface area contributed by atoms with E-state index >= 15 is 0 Å². The molecule has 2 aromatic rings. The molecule has 0 unspecified atom stereocenters. The highest BCUT2D eigenvalue weighted by molar-refractivity contribution is 9.10. The van der Waals surface area contributed by atoms with Crippen molar-refractivity contribution in [1.29, 1.82) is 0 Å². The van der Waals surface area contributed by atoms with Crippen LogP contribution in [-0.4, -0.2) is 27.1 Å². The summed E-state index contributed by atoms with van der Waals surface area (Å²) in [5.74, 6) is -1.87. The van der Waals surface area contributed by atoms with Gasteiger partial charge in [0.15, 0.2) is 0 Å². The van der Waals surface area contributed by atoms with Crippen molar-refractivity contribution in [3.05, 3.63) is 52.3 Å². The fourth-order valence-electron chi connectivity index (χ4n) is 1.57. The number of halogens is 1. The lowest BCUT2D eigenvalue weighted by molar-refractivity contribution is 0.0698. The maximum absolute atomic E-state index is 12.0. The van der Waals surface area contributed by atoms with Gasteiger partial charge in [0, 0.05) is 10.7 Å². The first-order chi connectivity index (χ1) is 9.49. The van der Waals surface area contributed by atoms with Gasteiger partial charge in [-0.05, 0) is 34.1 Å². The molecule has 0 fully saturated rings. The number of anilines is 1. The summed E-state index contributed by atoms with van der Waals surface area (Å²) in [6.07, 6.45) is 2.46. The molecule has 0 atom stereocenters. The van der Waals surface area contributed by atoms with Crippen molar-refractivity contribution in [2.75, 3.05) is 5.32 Å². The van der Waals surface area contributed by atoms with Gasteiger partial charge in [0.25, 0.3) is 5.91 Å². The monoisotopic (exact) mass is 336 g/mol. The van der Waals surface area contributed by atoms with Crippen LogP contribution in [0.5, 0.6) is 5.75 Å². The van der Waals surface area contributed by atoms with Crippen molar-refractivity contribution < 1.29 is 19.8 Å². The minimum Gasteiger partial charge on any atom is -0.506 e. The number of benzene rings is 1. The zero-order valence-corrected chi connectivity index (χ0v) is 11.6. The molecule has 1 amide bonds. The van der Waals surface area contributed by atoms with Crippen LogP contribution < -0.4 is 5.32 Å². The SMILES string of the molecule is O=C(Nc1c(Br)cccc1C(=O)O)c1cncc(O)c1. The number of pyridine rings is 1. The number of aromatic hydroxyl groups is 1. The zero-order valence-electron chi connectivity index (χ0n) is 10.0. The number of aromatic nitrogens is 1. The Kier molecular flexibility index (Phi) is 3.99. The van der Waals surface area contributed by atoms with Crippen molar-refractivity contribution in [3.63, 3.8) is 0 Å². The number of nitrogens with zero attached hydrogens (tertiary/aromatic N) is 1. The predicted octanol–water partition coefficient (Wildman–Crippen LogP) is 2.50. The standard InChI is InChI=1S/C13H9BrN2O4/c14-10-3-1-2-9(13(19)20)11(10)16-12(18)7-4-8(17)6-15-5-7/h1-6,17H,(H,16,18)(H,19,20). The normalized spacial score (nSPS) is 10.1. The number of hydrogen-bond donors (Lipinski definition) is 3. The molecule has 0 spiro atoms. The first-order valence-corrected chi connectivity index (χ1v) is 6.25. The van der Waals surface area contributed by atoms with E-state index in [9.17, 15) is 14.7 Å². The number of aromatic carboxylic acids is 1. The van der Waals surface area contributed by atoms with Crippen molar-refractivity contribution in [1.82, 2.24) is 4.98 Å². The molecule has 0 bridgehead atoms. The Morgan fingerprint density at radius 2 is 2.00 bits per heavy atom. The van der Waals surface area contributed by atoms with Gasteiger partial charge in [0.05, 0.1) is 23.0 Å². The number of carboxylic acids is 1. The van der Waals surface area contributed by atoms with Crippen LogP contribution in [-0.2, 0) is 0 Å². The molecule has 0 saturated carbocycles. The summed E-state index contributed by atoms with van der Waals surface area (Å²) in [5.41, 5.74) is 0.228. The van der Waals surface area contributed by atoms with E-state index in [2.05, 4.69) is 26.2 Å². The average molecular weight is 337 g/mol. The summed E-state index contributed by atoms with van der Waals surface area (Å²) in [6, 6.07) is 5.78. The fourth-order valence-corrected chi connectivity index (χ4v) is 2.03. The van der Waals surface area contributed by atoms with E-state index in [1.54, 1.807) is 12.1 Å². The van der Waals surface area contributed by atoms with Crippen LogP contribution in [0.4, 0.5) is 5.69 Å². The smallest absolute Gasteiger partial charge is 0.337 e. The average Bonchev–Trinajstić information content (AvgIpc) is 2.40. The Hall–Kier alpha value is -2.41. The highest BCUT2D eigenvalue weighted by Gasteiger charge is 2.16. The number of rotatable bonds is 3. The van der Waals surface area contributed by atoms with E-state index in [0.29, 0.717) is 4.47 Å². The summed E-state index contributed by atoms with van der Waals surface area (Å²) >= 11 is 3.19. The van der Waals surface area contributed by atoms with E-state index in [1.165, 1.54) is 24.5 Å². The van der Waals surface area contributed by atoms with E-state index in [1.807, 2.05) is 0 Å². The van der Waals surface area contributed by atoms with E-state index in [4.69, 9.17) is 5.11 Å². The van der Waals surface area contributed by atoms with Gasteiger partial charge in [-0.3, -0.25) is 9.78 Å². The highest BCUT2D eigenvalue weighted by atomic mass is 79.9. The molecule has 1 aromatic carbocycles. The van der Waals surface area contributed by atoms with Gasteiger partial charge < -0.3 is 15.5 Å². The first-order valence-electron chi connectivity index (χ1n) is 5.46. The van der Waals surface area contributed by atoms with Crippen LogP contribution in [0, 0.1) is 0 Å². The lowest BCUT2D eigenvalue weighted by atomic mass is 10.1. The van der Waals surface area contributed by atoms with E-state index in [-0.39, 0.29) is 22.6 Å². The maximum atomic E-state index is 12.0. The third-order valence-electron chi connectivity index (χ3n) is 2.47. The molecule has 1 aromatic heterocycles. The quantitative estimate of drug-likeness (QED) is 0.799. The molecule has 2 rings (SSSR count). The van der Waals surface area contributed by atoms with Crippen LogP contribution in [0.2, 0.25) is 0 Å². The topological polar surface area (TPSA) is 99.5 Å². The molecule has 20 heavy (non-hydrogen) atoms. The van der Waals surface area contributed by atoms with Crippen molar-refractivity contribution in [2.24, 2.45) is 0 Å². The maximum Gasteiger partial charge on any atom is 0.337 e. The third kappa shape index (κ3) is 2.94. The molecule has 0 radical (unpaired) electrons. The van der Waals surface area contributed by atoms with E-state index in [0.717, 1.165) is 0 Å². The number of hydrogen-bond acceptors (Lipinski definition) is 4. The number of para-hydroxylation sites is 1. The fraction of sp³-hybridized carbons (Fsp3) is 0. The second-order valence-electron chi connectivity index (χ2n) is 3.85. The van der Waals surface area contributed by atoms with Gasteiger partial charge in [-0.25, -0.2) is 4.79 Å². The van der Waals surface area contributed by atoms with Gasteiger partial charge in [0.2, 0.25) is 0 Å². The van der Waals surface area contributed by atoms with Gasteiger partial charge in [-0.2, -0.15) is 0 Å². The summed E-state index contributed by atoms with van der Waals surface area (Å²) in [4.78, 5) is 26.8. The molecule has 0 aliphatic carbocycles. The zero-order chi connectivity index (χ0) is 14.7. The van der Waals surface area contributed by atoms with Gasteiger partial charge in [-0.1, -0.05) is 6.07 Å². The number of carbonyl (C=O) groups excluding carboxylic acids is 1. The highest BCUT2D eigenvalue weighted by Crippen LogP contribution is 2.27. The molecule has 6 nitrogen and oxygen atoms in total. The van der Waals surface area contributed by atoms with Gasteiger partial charge in [-0.15, -0.1) is 0 Å². The Morgan fingerprint density at radius 3 is 2.65 bits per heavy atom. The van der Waals surface area contributed by atoms with Crippen LogP contribution in [0.1, 0.15) is 20.7 Å². The lowest BCUT2D eigenvalue weighted by Crippen LogP contribution is -2.15. The van der Waals surface area contributed by atoms with Crippen molar-refractivity contribution in [3.8, 4) is 5.75 Å². The summed E-state index contributed by atoms with van der Waals surface area (Å²) in [7, 11) is 0. The Labute approximate surface area is 122 Å². The molecule has 0 aliphatic heterocycles.